The van der Waals surface area contributed by atoms with E-state index in [9.17, 15) is 4.79 Å². The van der Waals surface area contributed by atoms with Crippen molar-refractivity contribution in [1.82, 2.24) is 20.0 Å². The van der Waals surface area contributed by atoms with Gasteiger partial charge in [0.2, 0.25) is 5.91 Å². The van der Waals surface area contributed by atoms with E-state index in [4.69, 9.17) is 11.6 Å². The Bertz CT molecular complexity index is 593. The van der Waals surface area contributed by atoms with E-state index >= 15 is 0 Å². The molecule has 96 valence electrons. The lowest BCUT2D eigenvalue weighted by molar-refractivity contribution is -0.130. The summed E-state index contributed by atoms with van der Waals surface area (Å²) in [7, 11) is 3.59. The molecular formula is C12H15ClN4O. The van der Waals surface area contributed by atoms with Crippen LogP contribution in [0.25, 0.3) is 11.0 Å². The number of rotatable bonds is 3. The van der Waals surface area contributed by atoms with Crippen molar-refractivity contribution in [3.05, 3.63) is 29.0 Å². The Morgan fingerprint density at radius 1 is 1.56 bits per heavy atom. The first kappa shape index (κ1) is 12.9. The molecule has 1 amide bonds. The molecule has 0 aliphatic carbocycles. The van der Waals surface area contributed by atoms with Gasteiger partial charge in [0.1, 0.15) is 5.82 Å². The Balaban J connectivity index is 2.27. The van der Waals surface area contributed by atoms with Crippen molar-refractivity contribution in [2.24, 2.45) is 7.05 Å². The van der Waals surface area contributed by atoms with Crippen molar-refractivity contribution in [2.75, 3.05) is 7.05 Å². The summed E-state index contributed by atoms with van der Waals surface area (Å²) in [4.78, 5) is 15.6. The zero-order chi connectivity index (χ0) is 13.3. The zero-order valence-electron chi connectivity index (χ0n) is 10.6. The van der Waals surface area contributed by atoms with Gasteiger partial charge in [-0.05, 0) is 12.1 Å². The average molecular weight is 267 g/mol. The first-order chi connectivity index (χ1) is 8.50. The van der Waals surface area contributed by atoms with Crippen molar-refractivity contribution in [2.45, 2.75) is 13.5 Å². The molecule has 0 unspecified atom stereocenters. The number of carbonyl (C=O) groups excluding carboxylic acids is 1. The molecule has 0 atom stereocenters. The molecule has 0 spiro atoms. The number of benzene rings is 1. The van der Waals surface area contributed by atoms with E-state index in [0.717, 1.165) is 16.9 Å². The third-order valence-electron chi connectivity index (χ3n) is 2.88. The number of hydrogen-bond acceptors (Lipinski definition) is 3. The van der Waals surface area contributed by atoms with Gasteiger partial charge in [-0.1, -0.05) is 17.7 Å². The molecule has 2 aromatic rings. The second-order valence-electron chi connectivity index (χ2n) is 4.11. The first-order valence-corrected chi connectivity index (χ1v) is 5.96. The molecule has 0 aliphatic rings. The van der Waals surface area contributed by atoms with Gasteiger partial charge in [0.05, 0.1) is 22.6 Å². The molecule has 5 nitrogen and oxygen atoms in total. The molecule has 1 aromatic carbocycles. The predicted octanol–water partition coefficient (Wildman–Crippen LogP) is 1.71. The van der Waals surface area contributed by atoms with Crippen LogP contribution < -0.4 is 5.43 Å². The van der Waals surface area contributed by atoms with Gasteiger partial charge in [-0.2, -0.15) is 0 Å². The summed E-state index contributed by atoms with van der Waals surface area (Å²) in [5, 5.41) is 2.11. The van der Waals surface area contributed by atoms with E-state index < -0.39 is 0 Å². The summed E-state index contributed by atoms with van der Waals surface area (Å²) >= 11 is 6.14. The average Bonchev–Trinajstić information content (AvgIpc) is 2.64. The first-order valence-electron chi connectivity index (χ1n) is 5.58. The maximum absolute atomic E-state index is 11.1. The lowest BCUT2D eigenvalue weighted by atomic mass is 10.3. The highest BCUT2D eigenvalue weighted by Gasteiger charge is 2.11. The second-order valence-corrected chi connectivity index (χ2v) is 4.51. The molecule has 0 radical (unpaired) electrons. The number of carbonyl (C=O) groups is 1. The van der Waals surface area contributed by atoms with Crippen LogP contribution in [0, 0.1) is 0 Å². The molecule has 0 aliphatic heterocycles. The van der Waals surface area contributed by atoms with Gasteiger partial charge in [-0.25, -0.2) is 10.4 Å². The summed E-state index contributed by atoms with van der Waals surface area (Å²) in [6, 6.07) is 5.63. The van der Waals surface area contributed by atoms with E-state index in [0.29, 0.717) is 11.6 Å². The van der Waals surface area contributed by atoms with Crippen LogP contribution in [0.5, 0.6) is 0 Å². The van der Waals surface area contributed by atoms with Gasteiger partial charge in [0.25, 0.3) is 0 Å². The quantitative estimate of drug-likeness (QED) is 0.861. The van der Waals surface area contributed by atoms with Gasteiger partial charge in [-0.15, -0.1) is 0 Å². The highest BCUT2D eigenvalue weighted by molar-refractivity contribution is 6.35. The Morgan fingerprint density at radius 2 is 2.28 bits per heavy atom. The number of nitrogens with one attached hydrogen (secondary N) is 1. The predicted molar refractivity (Wildman–Crippen MR) is 71.0 cm³/mol. The molecule has 0 saturated heterocycles. The number of nitrogens with zero attached hydrogens (tertiary/aromatic N) is 3. The lowest BCUT2D eigenvalue weighted by Crippen LogP contribution is -2.38. The van der Waals surface area contributed by atoms with Gasteiger partial charge >= 0.3 is 0 Å². The molecular weight excluding hydrogens is 252 g/mol. The van der Waals surface area contributed by atoms with Crippen LogP contribution in [0.2, 0.25) is 5.02 Å². The monoisotopic (exact) mass is 266 g/mol. The van der Waals surface area contributed by atoms with Crippen LogP contribution >= 0.6 is 11.6 Å². The van der Waals surface area contributed by atoms with Crippen molar-refractivity contribution >= 4 is 28.5 Å². The number of fused-ring (bicyclic) bond motifs is 1. The van der Waals surface area contributed by atoms with Crippen molar-refractivity contribution in [1.29, 1.82) is 0 Å². The third-order valence-corrected chi connectivity index (χ3v) is 3.19. The van der Waals surface area contributed by atoms with E-state index in [2.05, 4.69) is 10.4 Å². The molecule has 1 N–H and O–H groups in total. The molecule has 0 bridgehead atoms. The molecule has 18 heavy (non-hydrogen) atoms. The van der Waals surface area contributed by atoms with Crippen LogP contribution in [0.15, 0.2) is 18.2 Å². The maximum atomic E-state index is 11.1. The molecule has 1 aromatic heterocycles. The Hall–Kier alpha value is -1.59. The largest absolute Gasteiger partial charge is 0.329 e. The van der Waals surface area contributed by atoms with Crippen molar-refractivity contribution in [3.63, 3.8) is 0 Å². The smallest absolute Gasteiger partial charge is 0.233 e. The van der Waals surface area contributed by atoms with Crippen LogP contribution in [0.1, 0.15) is 12.7 Å². The number of para-hydroxylation sites is 1. The number of amides is 1. The number of hydrazine groups is 1. The summed E-state index contributed by atoms with van der Waals surface area (Å²) in [5.74, 6) is 0.776. The van der Waals surface area contributed by atoms with Crippen LogP contribution in [0.4, 0.5) is 0 Å². The zero-order valence-corrected chi connectivity index (χ0v) is 11.3. The number of hydrogen-bond donors (Lipinski definition) is 1. The summed E-state index contributed by atoms with van der Waals surface area (Å²) in [6.07, 6.45) is 0. The highest BCUT2D eigenvalue weighted by Crippen LogP contribution is 2.23. The number of aromatic nitrogens is 2. The Morgan fingerprint density at radius 3 is 2.89 bits per heavy atom. The highest BCUT2D eigenvalue weighted by atomic mass is 35.5. The fourth-order valence-corrected chi connectivity index (χ4v) is 2.02. The molecule has 1 heterocycles. The van der Waals surface area contributed by atoms with E-state index in [1.165, 1.54) is 11.9 Å². The lowest BCUT2D eigenvalue weighted by Gasteiger charge is -2.15. The second kappa shape index (κ2) is 4.96. The topological polar surface area (TPSA) is 50.2 Å². The molecule has 0 saturated carbocycles. The minimum absolute atomic E-state index is 0.0493. The maximum Gasteiger partial charge on any atom is 0.233 e. The fourth-order valence-electron chi connectivity index (χ4n) is 1.73. The van der Waals surface area contributed by atoms with Crippen LogP contribution in [-0.2, 0) is 18.4 Å². The van der Waals surface area contributed by atoms with Crippen molar-refractivity contribution < 1.29 is 4.79 Å². The van der Waals surface area contributed by atoms with Gasteiger partial charge < -0.3 is 4.57 Å². The number of halogens is 1. The molecule has 6 heteroatoms. The minimum atomic E-state index is -0.0493. The van der Waals surface area contributed by atoms with Crippen LogP contribution in [0.3, 0.4) is 0 Å². The SMILES string of the molecule is CC(=O)N(C)NCc1nc2cccc(Cl)c2n1C. The van der Waals surface area contributed by atoms with Gasteiger partial charge in [0, 0.05) is 21.0 Å². The summed E-state index contributed by atoms with van der Waals surface area (Å²) in [5.41, 5.74) is 4.74. The molecule has 0 fully saturated rings. The third kappa shape index (κ3) is 2.32. The van der Waals surface area contributed by atoms with E-state index in [1.54, 1.807) is 7.05 Å². The fraction of sp³-hybridized carbons (Fsp3) is 0.333. The van der Waals surface area contributed by atoms with Crippen molar-refractivity contribution in [3.8, 4) is 0 Å². The standard InChI is InChI=1S/C12H15ClN4O/c1-8(18)17(3)14-7-11-15-10-6-4-5-9(13)12(10)16(11)2/h4-6,14H,7H2,1-3H3. The minimum Gasteiger partial charge on any atom is -0.329 e. The number of aryl methyl sites for hydroxylation is 1. The summed E-state index contributed by atoms with van der Waals surface area (Å²) < 4.78 is 1.93. The Kier molecular flexibility index (Phi) is 3.54. The van der Waals surface area contributed by atoms with Gasteiger partial charge in [0.15, 0.2) is 0 Å². The Labute approximate surface area is 110 Å². The van der Waals surface area contributed by atoms with E-state index in [1.807, 2.05) is 29.8 Å². The van der Waals surface area contributed by atoms with Crippen LogP contribution in [-0.4, -0.2) is 27.5 Å². The summed E-state index contributed by atoms with van der Waals surface area (Å²) in [6.45, 7) is 1.97. The molecule has 2 rings (SSSR count). The number of imidazole rings is 1. The van der Waals surface area contributed by atoms with Gasteiger partial charge in [-0.3, -0.25) is 9.80 Å². The normalized spacial score (nSPS) is 10.9. The van der Waals surface area contributed by atoms with E-state index in [-0.39, 0.29) is 5.91 Å².